The first-order valence-electron chi connectivity index (χ1n) is 10.9. The van der Waals surface area contributed by atoms with Crippen molar-refractivity contribution < 1.29 is 23.9 Å². The fraction of sp³-hybridized carbons (Fsp3) is 0.609. The lowest BCUT2D eigenvalue weighted by atomic mass is 9.91. The van der Waals surface area contributed by atoms with Crippen LogP contribution in [0, 0.1) is 11.3 Å². The van der Waals surface area contributed by atoms with Gasteiger partial charge in [-0.15, -0.1) is 0 Å². The number of methoxy groups -OCH3 is 1. The first kappa shape index (κ1) is 26.7. The van der Waals surface area contributed by atoms with Crippen LogP contribution < -0.4 is 20.5 Å². The van der Waals surface area contributed by atoms with Gasteiger partial charge >= 0.3 is 0 Å². The van der Waals surface area contributed by atoms with E-state index in [1.165, 1.54) is 19.2 Å². The molecule has 1 aliphatic heterocycles. The van der Waals surface area contributed by atoms with Crippen molar-refractivity contribution in [1.29, 1.82) is 0 Å². The van der Waals surface area contributed by atoms with Crippen LogP contribution in [-0.4, -0.2) is 81.5 Å². The van der Waals surface area contributed by atoms with Crippen molar-refractivity contribution in [1.82, 2.24) is 15.1 Å². The smallest absolute Gasteiger partial charge is 0.255 e. The lowest BCUT2D eigenvalue weighted by molar-refractivity contribution is -0.126. The van der Waals surface area contributed by atoms with Crippen molar-refractivity contribution in [3.63, 3.8) is 0 Å². The summed E-state index contributed by atoms with van der Waals surface area (Å²) in [6.45, 7) is 6.31. The number of benzene rings is 1. The number of amides is 3. The summed E-state index contributed by atoms with van der Waals surface area (Å²) in [6.07, 6.45) is 1.19. The van der Waals surface area contributed by atoms with Crippen LogP contribution in [0.5, 0.6) is 11.5 Å². The summed E-state index contributed by atoms with van der Waals surface area (Å²) in [7, 11) is 5.45. The van der Waals surface area contributed by atoms with Crippen molar-refractivity contribution in [2.24, 2.45) is 17.1 Å². The summed E-state index contributed by atoms with van der Waals surface area (Å²) in [5.74, 6) is -0.547. The Labute approximate surface area is 200 Å². The Morgan fingerprint density at radius 3 is 2.42 bits per heavy atom. The first-order chi connectivity index (χ1) is 15.4. The topological polar surface area (TPSA) is 114 Å². The molecule has 1 aromatic rings. The number of hydrogen-bond acceptors (Lipinski definition) is 6. The standard InChI is InChI=1S/C23H35ClN4O5/c1-23(2,14-27(3)4)13-26-21(30)15-6-8-28(9-7-15)22(31)16-10-17(24)20(18(11-16)32-5)33-12-19(25)29/h10-11,15H,6-9,12-14H2,1-5H3,(H2,25,29)(H,26,30). The molecule has 1 heterocycles. The number of nitrogens with one attached hydrogen (secondary N) is 1. The van der Waals surface area contributed by atoms with Crippen LogP contribution in [0.3, 0.4) is 0 Å². The SMILES string of the molecule is COc1cc(C(=O)N2CCC(C(=O)NCC(C)(C)CN(C)C)CC2)cc(Cl)c1OCC(N)=O. The van der Waals surface area contributed by atoms with E-state index in [9.17, 15) is 14.4 Å². The first-order valence-corrected chi connectivity index (χ1v) is 11.3. The third-order valence-corrected chi connectivity index (χ3v) is 5.75. The van der Waals surface area contributed by atoms with Gasteiger partial charge in [-0.25, -0.2) is 0 Å². The van der Waals surface area contributed by atoms with E-state index in [1.807, 2.05) is 14.1 Å². The minimum atomic E-state index is -0.651. The van der Waals surface area contributed by atoms with E-state index in [1.54, 1.807) is 4.90 Å². The second-order valence-corrected chi connectivity index (χ2v) is 9.84. The van der Waals surface area contributed by atoms with Crippen molar-refractivity contribution in [2.75, 3.05) is 54.0 Å². The summed E-state index contributed by atoms with van der Waals surface area (Å²) in [5, 5.41) is 3.22. The average molecular weight is 483 g/mol. The number of piperidine rings is 1. The monoisotopic (exact) mass is 482 g/mol. The van der Waals surface area contributed by atoms with E-state index >= 15 is 0 Å². The van der Waals surface area contributed by atoms with Gasteiger partial charge in [-0.1, -0.05) is 25.4 Å². The Morgan fingerprint density at radius 2 is 1.88 bits per heavy atom. The number of likely N-dealkylation sites (tertiary alicyclic amines) is 1. The molecule has 2 rings (SSSR count). The Morgan fingerprint density at radius 1 is 1.24 bits per heavy atom. The predicted octanol–water partition coefficient (Wildman–Crippen LogP) is 1.77. The van der Waals surface area contributed by atoms with Crippen LogP contribution in [0.15, 0.2) is 12.1 Å². The molecule has 0 unspecified atom stereocenters. The molecule has 3 N–H and O–H groups in total. The molecule has 3 amide bonds. The third-order valence-electron chi connectivity index (χ3n) is 5.47. The van der Waals surface area contributed by atoms with E-state index in [0.717, 1.165) is 6.54 Å². The highest BCUT2D eigenvalue weighted by Gasteiger charge is 2.30. The fourth-order valence-electron chi connectivity index (χ4n) is 4.04. The molecule has 0 bridgehead atoms. The molecule has 10 heteroatoms. The highest BCUT2D eigenvalue weighted by atomic mass is 35.5. The zero-order valence-electron chi connectivity index (χ0n) is 20.1. The van der Waals surface area contributed by atoms with E-state index in [4.69, 9.17) is 26.8 Å². The molecule has 1 saturated heterocycles. The number of halogens is 1. The quantitative estimate of drug-likeness (QED) is 0.525. The van der Waals surface area contributed by atoms with Gasteiger partial charge in [-0.05, 0) is 44.5 Å². The van der Waals surface area contributed by atoms with E-state index in [2.05, 4.69) is 24.1 Å². The van der Waals surface area contributed by atoms with E-state index in [-0.39, 0.29) is 46.3 Å². The predicted molar refractivity (Wildman–Crippen MR) is 127 cm³/mol. The van der Waals surface area contributed by atoms with Crippen LogP contribution >= 0.6 is 11.6 Å². The van der Waals surface area contributed by atoms with Crippen molar-refractivity contribution in [2.45, 2.75) is 26.7 Å². The lowest BCUT2D eigenvalue weighted by Crippen LogP contribution is -2.46. The van der Waals surface area contributed by atoms with Crippen molar-refractivity contribution in [3.8, 4) is 11.5 Å². The second-order valence-electron chi connectivity index (χ2n) is 9.43. The molecule has 9 nitrogen and oxygen atoms in total. The molecular weight excluding hydrogens is 448 g/mol. The van der Waals surface area contributed by atoms with Crippen molar-refractivity contribution in [3.05, 3.63) is 22.7 Å². The number of hydrogen-bond donors (Lipinski definition) is 2. The zero-order chi connectivity index (χ0) is 24.8. The Kier molecular flexibility index (Phi) is 9.36. The molecule has 1 fully saturated rings. The fourth-order valence-corrected chi connectivity index (χ4v) is 4.30. The van der Waals surface area contributed by atoms with E-state index < -0.39 is 5.91 Å². The number of rotatable bonds is 10. The molecule has 0 aliphatic carbocycles. The van der Waals surface area contributed by atoms with Crippen molar-refractivity contribution >= 4 is 29.3 Å². The molecule has 0 radical (unpaired) electrons. The molecule has 184 valence electrons. The largest absolute Gasteiger partial charge is 0.493 e. The maximum Gasteiger partial charge on any atom is 0.255 e. The Bertz CT molecular complexity index is 867. The van der Waals surface area contributed by atoms with Gasteiger partial charge in [0.05, 0.1) is 12.1 Å². The molecule has 33 heavy (non-hydrogen) atoms. The van der Waals surface area contributed by atoms with Crippen LogP contribution in [0.1, 0.15) is 37.0 Å². The molecule has 0 atom stereocenters. The lowest BCUT2D eigenvalue weighted by Gasteiger charge is -2.33. The van der Waals surface area contributed by atoms with Crippen LogP contribution in [0.25, 0.3) is 0 Å². The van der Waals surface area contributed by atoms with Crippen LogP contribution in [0.2, 0.25) is 5.02 Å². The molecule has 0 saturated carbocycles. The Balaban J connectivity index is 1.96. The number of carbonyl (C=O) groups excluding carboxylic acids is 3. The highest BCUT2D eigenvalue weighted by Crippen LogP contribution is 2.37. The molecular formula is C23H35ClN4O5. The van der Waals surface area contributed by atoms with Gasteiger partial charge in [-0.3, -0.25) is 14.4 Å². The summed E-state index contributed by atoms with van der Waals surface area (Å²) in [6, 6.07) is 3.00. The average Bonchev–Trinajstić information content (AvgIpc) is 2.74. The number of ether oxygens (including phenoxy) is 2. The molecule has 1 aliphatic rings. The maximum absolute atomic E-state index is 13.0. The maximum atomic E-state index is 13.0. The zero-order valence-corrected chi connectivity index (χ0v) is 20.8. The number of primary amides is 1. The summed E-state index contributed by atoms with van der Waals surface area (Å²) in [4.78, 5) is 40.5. The second kappa shape index (κ2) is 11.6. The normalized spacial score (nSPS) is 14.8. The summed E-state index contributed by atoms with van der Waals surface area (Å²) < 4.78 is 10.6. The highest BCUT2D eigenvalue weighted by molar-refractivity contribution is 6.32. The van der Waals surface area contributed by atoms with Gasteiger partial charge in [0.15, 0.2) is 18.1 Å². The van der Waals surface area contributed by atoms with Crippen LogP contribution in [0.4, 0.5) is 0 Å². The number of carbonyl (C=O) groups is 3. The van der Waals surface area contributed by atoms with Gasteiger partial charge in [0.1, 0.15) is 0 Å². The van der Waals surface area contributed by atoms with Gasteiger partial charge in [0.2, 0.25) is 5.91 Å². The van der Waals surface area contributed by atoms with E-state index in [0.29, 0.717) is 38.0 Å². The Hall–Kier alpha value is -2.52. The number of nitrogens with zero attached hydrogens (tertiary/aromatic N) is 2. The minimum absolute atomic E-state index is 0.0263. The summed E-state index contributed by atoms with van der Waals surface area (Å²) >= 11 is 6.26. The molecule has 1 aromatic carbocycles. The minimum Gasteiger partial charge on any atom is -0.493 e. The van der Waals surface area contributed by atoms with Gasteiger partial charge in [-0.2, -0.15) is 0 Å². The van der Waals surface area contributed by atoms with Crippen LogP contribution in [-0.2, 0) is 9.59 Å². The molecule has 0 aromatic heterocycles. The molecule has 0 spiro atoms. The summed E-state index contributed by atoms with van der Waals surface area (Å²) in [5.41, 5.74) is 5.43. The number of nitrogens with two attached hydrogens (primary N) is 1. The van der Waals surface area contributed by atoms with Gasteiger partial charge in [0, 0.05) is 37.7 Å². The van der Waals surface area contributed by atoms with Gasteiger partial charge in [0.25, 0.3) is 11.8 Å². The van der Waals surface area contributed by atoms with Gasteiger partial charge < -0.3 is 30.3 Å². The third kappa shape index (κ3) is 7.78.